The van der Waals surface area contributed by atoms with Crippen LogP contribution in [-0.4, -0.2) is 36.2 Å². The Morgan fingerprint density at radius 3 is 2.92 bits per heavy atom. The molecular formula is C20H21N3O2. The van der Waals surface area contributed by atoms with E-state index >= 15 is 0 Å². The van der Waals surface area contributed by atoms with Crippen LogP contribution in [0.3, 0.4) is 0 Å². The molecule has 0 saturated carbocycles. The predicted molar refractivity (Wildman–Crippen MR) is 98.8 cm³/mol. The Bertz CT molecular complexity index is 943. The van der Waals surface area contributed by atoms with Gasteiger partial charge in [-0.05, 0) is 37.2 Å². The summed E-state index contributed by atoms with van der Waals surface area (Å²) in [5.74, 6) is 0.664. The Morgan fingerprint density at radius 1 is 1.20 bits per heavy atom. The first-order chi connectivity index (χ1) is 12.1. The summed E-state index contributed by atoms with van der Waals surface area (Å²) in [5, 5.41) is 3.92. The van der Waals surface area contributed by atoms with Crippen LogP contribution in [0.2, 0.25) is 0 Å². The van der Waals surface area contributed by atoms with E-state index in [1.165, 1.54) is 10.9 Å². The lowest BCUT2D eigenvalue weighted by Gasteiger charge is -2.20. The number of ether oxygens (including phenoxy) is 1. The molecule has 0 atom stereocenters. The molecule has 2 heterocycles. The molecule has 1 aliphatic heterocycles. The number of amides is 1. The van der Waals surface area contributed by atoms with Gasteiger partial charge in [0.1, 0.15) is 5.75 Å². The van der Waals surface area contributed by atoms with Crippen molar-refractivity contribution in [2.24, 2.45) is 0 Å². The highest BCUT2D eigenvalue weighted by Crippen LogP contribution is 2.36. The molecule has 0 aliphatic carbocycles. The minimum absolute atomic E-state index is 0.393. The quantitative estimate of drug-likeness (QED) is 0.794. The molecule has 0 radical (unpaired) electrons. The Hall–Kier alpha value is -2.79. The van der Waals surface area contributed by atoms with Gasteiger partial charge in [0.05, 0.1) is 0 Å². The SMILES string of the molecule is CN(C)CCn1ccc2ccc(-c3cccc4c3OC(=O)NC4)cc21. The Morgan fingerprint density at radius 2 is 2.08 bits per heavy atom. The van der Waals surface area contributed by atoms with Gasteiger partial charge in [-0.2, -0.15) is 0 Å². The van der Waals surface area contributed by atoms with Crippen molar-refractivity contribution in [3.63, 3.8) is 0 Å². The third kappa shape index (κ3) is 2.98. The number of para-hydroxylation sites is 1. The Balaban J connectivity index is 1.77. The molecule has 25 heavy (non-hydrogen) atoms. The number of hydrogen-bond acceptors (Lipinski definition) is 3. The molecule has 3 aromatic rings. The zero-order chi connectivity index (χ0) is 17.4. The van der Waals surface area contributed by atoms with Crippen molar-refractivity contribution >= 4 is 17.0 Å². The van der Waals surface area contributed by atoms with Gasteiger partial charge in [-0.15, -0.1) is 0 Å². The second-order valence-corrected chi connectivity index (χ2v) is 6.62. The van der Waals surface area contributed by atoms with Crippen LogP contribution in [0.5, 0.6) is 5.75 Å². The molecule has 0 unspecified atom stereocenters. The number of carbonyl (C=O) groups excluding carboxylic acids is 1. The summed E-state index contributed by atoms with van der Waals surface area (Å²) >= 11 is 0. The number of hydrogen-bond donors (Lipinski definition) is 1. The molecular weight excluding hydrogens is 314 g/mol. The van der Waals surface area contributed by atoms with Gasteiger partial charge in [-0.1, -0.05) is 30.3 Å². The van der Waals surface area contributed by atoms with Crippen molar-refractivity contribution in [1.82, 2.24) is 14.8 Å². The van der Waals surface area contributed by atoms with Gasteiger partial charge in [0, 0.05) is 42.5 Å². The molecule has 2 aromatic carbocycles. The molecule has 1 N–H and O–H groups in total. The first-order valence-electron chi connectivity index (χ1n) is 8.43. The highest BCUT2D eigenvalue weighted by atomic mass is 16.6. The molecule has 4 rings (SSSR count). The van der Waals surface area contributed by atoms with Gasteiger partial charge in [0.25, 0.3) is 0 Å². The molecule has 128 valence electrons. The zero-order valence-electron chi connectivity index (χ0n) is 14.5. The van der Waals surface area contributed by atoms with E-state index in [4.69, 9.17) is 4.74 Å². The molecule has 0 saturated heterocycles. The number of fused-ring (bicyclic) bond motifs is 2. The van der Waals surface area contributed by atoms with E-state index in [1.54, 1.807) is 0 Å². The molecule has 0 spiro atoms. The standard InChI is InChI=1S/C20H21N3O2/c1-22(2)10-11-23-9-8-14-6-7-15(12-18(14)23)17-5-3-4-16-13-21-20(24)25-19(16)17/h3-9,12H,10-11,13H2,1-2H3,(H,21,24). The predicted octanol–water partition coefficient (Wildman–Crippen LogP) is 3.47. The highest BCUT2D eigenvalue weighted by Gasteiger charge is 2.20. The maximum Gasteiger partial charge on any atom is 0.412 e. The van der Waals surface area contributed by atoms with E-state index in [-0.39, 0.29) is 0 Å². The molecule has 0 fully saturated rings. The average Bonchev–Trinajstić information content (AvgIpc) is 3.01. The van der Waals surface area contributed by atoms with Crippen LogP contribution in [0.25, 0.3) is 22.0 Å². The number of benzene rings is 2. The minimum atomic E-state index is -0.393. The van der Waals surface area contributed by atoms with Gasteiger partial charge in [-0.25, -0.2) is 4.79 Å². The molecule has 5 nitrogen and oxygen atoms in total. The lowest BCUT2D eigenvalue weighted by Crippen LogP contribution is -2.31. The van der Waals surface area contributed by atoms with Crippen LogP contribution in [0.15, 0.2) is 48.7 Å². The van der Waals surface area contributed by atoms with Crippen molar-refractivity contribution in [2.75, 3.05) is 20.6 Å². The van der Waals surface area contributed by atoms with E-state index in [2.05, 4.69) is 59.3 Å². The molecule has 1 amide bonds. The van der Waals surface area contributed by atoms with Gasteiger partial charge in [0.2, 0.25) is 0 Å². The number of nitrogens with one attached hydrogen (secondary N) is 1. The van der Waals surface area contributed by atoms with Crippen molar-refractivity contribution in [1.29, 1.82) is 0 Å². The Labute approximate surface area is 146 Å². The number of carbonyl (C=O) groups is 1. The summed E-state index contributed by atoms with van der Waals surface area (Å²) in [4.78, 5) is 13.8. The maximum absolute atomic E-state index is 11.6. The van der Waals surface area contributed by atoms with Crippen LogP contribution in [0.4, 0.5) is 4.79 Å². The van der Waals surface area contributed by atoms with Crippen LogP contribution >= 0.6 is 0 Å². The van der Waals surface area contributed by atoms with E-state index in [9.17, 15) is 4.79 Å². The summed E-state index contributed by atoms with van der Waals surface area (Å²) in [5.41, 5.74) is 4.20. The maximum atomic E-state index is 11.6. The zero-order valence-corrected chi connectivity index (χ0v) is 14.5. The fourth-order valence-electron chi connectivity index (χ4n) is 3.22. The molecule has 5 heteroatoms. The van der Waals surface area contributed by atoms with Crippen molar-refractivity contribution in [3.05, 3.63) is 54.2 Å². The number of likely N-dealkylation sites (N-methyl/N-ethyl adjacent to an activating group) is 1. The summed E-state index contributed by atoms with van der Waals surface area (Å²) < 4.78 is 7.72. The average molecular weight is 335 g/mol. The van der Waals surface area contributed by atoms with E-state index < -0.39 is 6.09 Å². The van der Waals surface area contributed by atoms with Crippen LogP contribution in [0, 0.1) is 0 Å². The second kappa shape index (κ2) is 6.26. The summed E-state index contributed by atoms with van der Waals surface area (Å²) in [7, 11) is 4.16. The summed E-state index contributed by atoms with van der Waals surface area (Å²) in [6.07, 6.45) is 1.73. The molecule has 1 aliphatic rings. The van der Waals surface area contributed by atoms with E-state index in [0.29, 0.717) is 12.3 Å². The minimum Gasteiger partial charge on any atom is -0.409 e. The van der Waals surface area contributed by atoms with Crippen molar-refractivity contribution < 1.29 is 9.53 Å². The lowest BCUT2D eigenvalue weighted by molar-refractivity contribution is 0.195. The highest BCUT2D eigenvalue weighted by molar-refractivity contribution is 5.88. The van der Waals surface area contributed by atoms with Gasteiger partial charge in [0.15, 0.2) is 0 Å². The van der Waals surface area contributed by atoms with Gasteiger partial charge >= 0.3 is 6.09 Å². The first kappa shape index (κ1) is 15.7. The summed E-state index contributed by atoms with van der Waals surface area (Å²) in [6, 6.07) is 14.5. The van der Waals surface area contributed by atoms with E-state index in [1.807, 2.05) is 18.2 Å². The van der Waals surface area contributed by atoms with Crippen molar-refractivity contribution in [2.45, 2.75) is 13.1 Å². The normalized spacial score (nSPS) is 13.6. The lowest BCUT2D eigenvalue weighted by atomic mass is 10.00. The summed E-state index contributed by atoms with van der Waals surface area (Å²) in [6.45, 7) is 2.42. The third-order valence-corrected chi connectivity index (χ3v) is 4.59. The largest absolute Gasteiger partial charge is 0.412 e. The topological polar surface area (TPSA) is 46.5 Å². The van der Waals surface area contributed by atoms with Gasteiger partial charge in [-0.3, -0.25) is 0 Å². The molecule has 1 aromatic heterocycles. The van der Waals surface area contributed by atoms with E-state index in [0.717, 1.165) is 29.8 Å². The number of aromatic nitrogens is 1. The smallest absolute Gasteiger partial charge is 0.409 e. The second-order valence-electron chi connectivity index (χ2n) is 6.62. The monoisotopic (exact) mass is 335 g/mol. The fraction of sp³-hybridized carbons (Fsp3) is 0.250. The number of rotatable bonds is 4. The van der Waals surface area contributed by atoms with Gasteiger partial charge < -0.3 is 19.5 Å². The van der Waals surface area contributed by atoms with Crippen LogP contribution in [0.1, 0.15) is 5.56 Å². The molecule has 0 bridgehead atoms. The third-order valence-electron chi connectivity index (χ3n) is 4.59. The van der Waals surface area contributed by atoms with Crippen LogP contribution in [-0.2, 0) is 13.1 Å². The number of nitrogens with zero attached hydrogens (tertiary/aromatic N) is 2. The van der Waals surface area contributed by atoms with Crippen molar-refractivity contribution in [3.8, 4) is 16.9 Å². The fourth-order valence-corrected chi connectivity index (χ4v) is 3.22. The van der Waals surface area contributed by atoms with Crippen LogP contribution < -0.4 is 10.1 Å². The first-order valence-corrected chi connectivity index (χ1v) is 8.43. The Kier molecular flexibility index (Phi) is 3.93.